The molecule has 2 rings (SSSR count). The van der Waals surface area contributed by atoms with Crippen molar-refractivity contribution in [2.24, 2.45) is 0 Å². The van der Waals surface area contributed by atoms with Gasteiger partial charge in [0.05, 0.1) is 11.3 Å². The second-order valence-corrected chi connectivity index (χ2v) is 4.05. The standard InChI is InChI=1S/C12H8ClNOS/c13-9-5-3-8(4-6-9)11-10(12(15)16)2-1-7-14-11/h1-7H,(H,15,16). The van der Waals surface area contributed by atoms with Gasteiger partial charge in [0, 0.05) is 16.8 Å². The van der Waals surface area contributed by atoms with E-state index >= 15 is 0 Å². The summed E-state index contributed by atoms with van der Waals surface area (Å²) < 4.78 is 0. The summed E-state index contributed by atoms with van der Waals surface area (Å²) in [5, 5.41) is 0.358. The van der Waals surface area contributed by atoms with Gasteiger partial charge in [0.15, 0.2) is 0 Å². The van der Waals surface area contributed by atoms with Crippen LogP contribution in [-0.4, -0.2) is 10.1 Å². The van der Waals surface area contributed by atoms with Crippen molar-refractivity contribution in [3.63, 3.8) is 0 Å². The Morgan fingerprint density at radius 2 is 1.88 bits per heavy atom. The second-order valence-electron chi connectivity index (χ2n) is 3.21. The van der Waals surface area contributed by atoms with Crippen LogP contribution in [-0.2, 0) is 0 Å². The van der Waals surface area contributed by atoms with E-state index in [1.807, 2.05) is 12.1 Å². The number of carbonyl (C=O) groups is 1. The molecule has 0 N–H and O–H groups in total. The lowest BCUT2D eigenvalue weighted by Crippen LogP contribution is -1.95. The maximum absolute atomic E-state index is 11.3. The second kappa shape index (κ2) is 4.68. The summed E-state index contributed by atoms with van der Waals surface area (Å²) in [5.41, 5.74) is 1.97. The average Bonchev–Trinajstić information content (AvgIpc) is 2.30. The number of carbonyl (C=O) groups excluding carboxylic acids is 1. The summed E-state index contributed by atoms with van der Waals surface area (Å²) in [5.74, 6) is 0. The van der Waals surface area contributed by atoms with Crippen molar-refractivity contribution in [1.29, 1.82) is 0 Å². The van der Waals surface area contributed by atoms with Crippen molar-refractivity contribution in [2.45, 2.75) is 0 Å². The van der Waals surface area contributed by atoms with Crippen LogP contribution in [0.1, 0.15) is 10.4 Å². The van der Waals surface area contributed by atoms with Gasteiger partial charge in [-0.1, -0.05) is 23.7 Å². The minimum Gasteiger partial charge on any atom is -0.282 e. The van der Waals surface area contributed by atoms with Crippen LogP contribution >= 0.6 is 24.2 Å². The van der Waals surface area contributed by atoms with Crippen molar-refractivity contribution in [3.8, 4) is 11.3 Å². The number of nitrogens with zero attached hydrogens (tertiary/aromatic N) is 1. The highest BCUT2D eigenvalue weighted by molar-refractivity contribution is 7.97. The first-order valence-corrected chi connectivity index (χ1v) is 5.45. The van der Waals surface area contributed by atoms with E-state index in [0.717, 1.165) is 5.56 Å². The molecular weight excluding hydrogens is 242 g/mol. The number of thiol groups is 1. The molecule has 0 saturated carbocycles. The predicted octanol–water partition coefficient (Wildman–Crippen LogP) is 3.47. The lowest BCUT2D eigenvalue weighted by molar-refractivity contribution is 0.109. The van der Waals surface area contributed by atoms with E-state index in [9.17, 15) is 4.79 Å². The van der Waals surface area contributed by atoms with E-state index in [1.165, 1.54) is 0 Å². The molecule has 0 aliphatic carbocycles. The van der Waals surface area contributed by atoms with Crippen LogP contribution in [0, 0.1) is 0 Å². The van der Waals surface area contributed by atoms with Crippen LogP contribution < -0.4 is 0 Å². The summed E-state index contributed by atoms with van der Waals surface area (Å²) >= 11 is 9.62. The van der Waals surface area contributed by atoms with Crippen LogP contribution in [0.5, 0.6) is 0 Å². The molecule has 0 aliphatic rings. The molecule has 1 aromatic heterocycles. The number of benzene rings is 1. The molecule has 16 heavy (non-hydrogen) atoms. The fourth-order valence-corrected chi connectivity index (χ4v) is 1.72. The largest absolute Gasteiger partial charge is 0.282 e. The fourth-order valence-electron chi connectivity index (χ4n) is 1.42. The van der Waals surface area contributed by atoms with Gasteiger partial charge >= 0.3 is 0 Å². The minimum atomic E-state index is -0.293. The van der Waals surface area contributed by atoms with Gasteiger partial charge in [-0.25, -0.2) is 0 Å². The Hall–Kier alpha value is -1.32. The summed E-state index contributed by atoms with van der Waals surface area (Å²) in [6, 6.07) is 10.6. The molecule has 2 aromatic rings. The highest BCUT2D eigenvalue weighted by atomic mass is 35.5. The van der Waals surface area contributed by atoms with E-state index in [0.29, 0.717) is 16.3 Å². The van der Waals surface area contributed by atoms with Crippen LogP contribution in [0.2, 0.25) is 5.02 Å². The van der Waals surface area contributed by atoms with Gasteiger partial charge in [0.2, 0.25) is 5.12 Å². The predicted molar refractivity (Wildman–Crippen MR) is 68.0 cm³/mol. The van der Waals surface area contributed by atoms with Crippen molar-refractivity contribution in [1.82, 2.24) is 4.98 Å². The zero-order valence-corrected chi connectivity index (χ0v) is 9.87. The Kier molecular flexibility index (Phi) is 3.27. The molecule has 0 fully saturated rings. The zero-order valence-electron chi connectivity index (χ0n) is 8.22. The van der Waals surface area contributed by atoms with Gasteiger partial charge in [-0.05, 0) is 24.3 Å². The molecule has 80 valence electrons. The Morgan fingerprint density at radius 3 is 2.50 bits per heavy atom. The summed E-state index contributed by atoms with van der Waals surface area (Å²) in [7, 11) is 0. The molecule has 4 heteroatoms. The maximum Gasteiger partial charge on any atom is 0.218 e. The molecule has 1 aromatic carbocycles. The Bertz CT molecular complexity index is 525. The van der Waals surface area contributed by atoms with Crippen LogP contribution in [0.25, 0.3) is 11.3 Å². The Balaban J connectivity index is 2.55. The molecule has 0 radical (unpaired) electrons. The van der Waals surface area contributed by atoms with Crippen LogP contribution in [0.3, 0.4) is 0 Å². The molecule has 1 heterocycles. The topological polar surface area (TPSA) is 30.0 Å². The summed E-state index contributed by atoms with van der Waals surface area (Å²) in [4.78, 5) is 15.5. The minimum absolute atomic E-state index is 0.293. The van der Waals surface area contributed by atoms with Gasteiger partial charge in [-0.3, -0.25) is 9.78 Å². The third-order valence-electron chi connectivity index (χ3n) is 2.16. The van der Waals surface area contributed by atoms with Gasteiger partial charge in [-0.15, -0.1) is 12.6 Å². The first-order valence-electron chi connectivity index (χ1n) is 4.63. The normalized spacial score (nSPS) is 10.1. The van der Waals surface area contributed by atoms with Crippen molar-refractivity contribution >= 4 is 29.3 Å². The molecule has 0 spiro atoms. The lowest BCUT2D eigenvalue weighted by Gasteiger charge is -2.04. The lowest BCUT2D eigenvalue weighted by atomic mass is 10.1. The molecule has 2 nitrogen and oxygen atoms in total. The quantitative estimate of drug-likeness (QED) is 0.826. The molecule has 0 unspecified atom stereocenters. The van der Waals surface area contributed by atoms with Gasteiger partial charge in [-0.2, -0.15) is 0 Å². The number of halogens is 1. The maximum atomic E-state index is 11.3. The first-order chi connectivity index (χ1) is 7.68. The summed E-state index contributed by atoms with van der Waals surface area (Å²) in [6.07, 6.45) is 1.64. The Labute approximate surface area is 104 Å². The van der Waals surface area contributed by atoms with Crippen LogP contribution in [0.4, 0.5) is 0 Å². The van der Waals surface area contributed by atoms with E-state index in [4.69, 9.17) is 11.6 Å². The fraction of sp³-hybridized carbons (Fsp3) is 0. The van der Waals surface area contributed by atoms with Gasteiger partial charge in [0.1, 0.15) is 0 Å². The zero-order chi connectivity index (χ0) is 11.5. The number of aromatic nitrogens is 1. The Morgan fingerprint density at radius 1 is 1.19 bits per heavy atom. The number of hydrogen-bond acceptors (Lipinski definition) is 2. The van der Waals surface area contributed by atoms with E-state index in [-0.39, 0.29) is 5.12 Å². The first kappa shape index (κ1) is 11.2. The van der Waals surface area contributed by atoms with Crippen LogP contribution in [0.15, 0.2) is 42.6 Å². The van der Waals surface area contributed by atoms with E-state index in [1.54, 1.807) is 30.5 Å². The molecule has 0 bridgehead atoms. The monoisotopic (exact) mass is 249 g/mol. The molecule has 0 saturated heterocycles. The smallest absolute Gasteiger partial charge is 0.218 e. The molecule has 0 aliphatic heterocycles. The van der Waals surface area contributed by atoms with E-state index < -0.39 is 0 Å². The van der Waals surface area contributed by atoms with Gasteiger partial charge in [0.25, 0.3) is 0 Å². The summed E-state index contributed by atoms with van der Waals surface area (Å²) in [6.45, 7) is 0. The van der Waals surface area contributed by atoms with Crippen molar-refractivity contribution < 1.29 is 4.79 Å². The highest BCUT2D eigenvalue weighted by Crippen LogP contribution is 2.23. The molecule has 0 atom stereocenters. The van der Waals surface area contributed by atoms with Gasteiger partial charge < -0.3 is 0 Å². The molecular formula is C12H8ClNOS. The number of hydrogen-bond donors (Lipinski definition) is 1. The van der Waals surface area contributed by atoms with Crippen molar-refractivity contribution in [2.75, 3.05) is 0 Å². The van der Waals surface area contributed by atoms with Crippen molar-refractivity contribution in [3.05, 3.63) is 53.2 Å². The number of pyridine rings is 1. The highest BCUT2D eigenvalue weighted by Gasteiger charge is 2.10. The average molecular weight is 250 g/mol. The SMILES string of the molecule is O=C(S)c1cccnc1-c1ccc(Cl)cc1. The third-order valence-corrected chi connectivity index (χ3v) is 2.65. The number of rotatable bonds is 2. The third kappa shape index (κ3) is 2.26. The molecule has 0 amide bonds. The van der Waals surface area contributed by atoms with E-state index in [2.05, 4.69) is 17.6 Å².